The number of nitrogens with one attached hydrogen (secondary N) is 3. The number of carbonyl (C=O) groups is 1. The first-order valence-electron chi connectivity index (χ1n) is 11.0. The zero-order valence-electron chi connectivity index (χ0n) is 20.1. The van der Waals surface area contributed by atoms with Gasteiger partial charge < -0.3 is 25.3 Å². The molecule has 0 bridgehead atoms. The van der Waals surface area contributed by atoms with E-state index in [2.05, 4.69) is 25.6 Å². The van der Waals surface area contributed by atoms with Gasteiger partial charge in [-0.3, -0.25) is 4.79 Å². The van der Waals surface area contributed by atoms with Crippen LogP contribution in [0.4, 0.5) is 40.8 Å². The quantitative estimate of drug-likeness (QED) is 0.209. The number of fused-ring (bicyclic) bond motifs is 1. The van der Waals surface area contributed by atoms with Crippen molar-refractivity contribution in [1.82, 2.24) is 15.0 Å². The molecule has 0 unspecified atom stereocenters. The Balaban J connectivity index is 1.70. The minimum atomic E-state index is -4.64. The second-order valence-electron chi connectivity index (χ2n) is 8.20. The number of aromatic amines is 1. The number of hydrogen-bond acceptors (Lipinski definition) is 6. The molecule has 2 heterocycles. The third-order valence-electron chi connectivity index (χ3n) is 5.22. The molecule has 0 saturated heterocycles. The zero-order chi connectivity index (χ0) is 27.8. The molecule has 0 aliphatic rings. The zero-order valence-corrected chi connectivity index (χ0v) is 21.6. The number of ether oxygens (including phenoxy) is 1. The Morgan fingerprint density at radius 3 is 2.37 bits per heavy atom. The molecular weight excluding hydrogens is 551 g/mol. The van der Waals surface area contributed by atoms with Gasteiger partial charge in [0.1, 0.15) is 23.2 Å². The maximum Gasteiger partial charge on any atom is 0.416 e. The van der Waals surface area contributed by atoms with E-state index in [1.807, 2.05) is 0 Å². The second kappa shape index (κ2) is 10.5. The Morgan fingerprint density at radius 2 is 1.76 bits per heavy atom. The molecule has 2 aromatic heterocycles. The summed E-state index contributed by atoms with van der Waals surface area (Å²) in [5.74, 6) is -1.30. The summed E-state index contributed by atoms with van der Waals surface area (Å²) in [7, 11) is 3.06. The van der Waals surface area contributed by atoms with E-state index in [1.54, 1.807) is 6.92 Å². The van der Waals surface area contributed by atoms with Gasteiger partial charge in [-0.1, -0.05) is 23.2 Å². The number of alkyl halides is 3. The first-order chi connectivity index (χ1) is 17.8. The largest absolute Gasteiger partial charge is 0.493 e. The lowest BCUT2D eigenvalue weighted by Crippen LogP contribution is -2.18. The molecule has 200 valence electrons. The van der Waals surface area contributed by atoms with Crippen molar-refractivity contribution < 1.29 is 27.1 Å². The number of carbonyl (C=O) groups excluding carboxylic acids is 1. The van der Waals surface area contributed by atoms with Crippen molar-refractivity contribution in [3.63, 3.8) is 0 Å². The molecule has 0 atom stereocenters. The number of rotatable bonds is 7. The van der Waals surface area contributed by atoms with Crippen LogP contribution in [0, 0.1) is 5.82 Å². The van der Waals surface area contributed by atoms with E-state index in [-0.39, 0.29) is 51.2 Å². The van der Waals surface area contributed by atoms with Crippen LogP contribution in [-0.2, 0) is 6.18 Å². The van der Waals surface area contributed by atoms with E-state index >= 15 is 0 Å². The van der Waals surface area contributed by atoms with E-state index in [9.17, 15) is 22.4 Å². The lowest BCUT2D eigenvalue weighted by Gasteiger charge is -2.17. The van der Waals surface area contributed by atoms with Crippen molar-refractivity contribution in [2.45, 2.75) is 13.1 Å². The van der Waals surface area contributed by atoms with Crippen LogP contribution in [0.5, 0.6) is 5.75 Å². The number of nitrogens with zero attached hydrogens (tertiary/aromatic N) is 3. The van der Waals surface area contributed by atoms with Gasteiger partial charge in [0.25, 0.3) is 5.91 Å². The molecule has 0 fully saturated rings. The van der Waals surface area contributed by atoms with Gasteiger partial charge in [0.15, 0.2) is 0 Å². The average molecular weight is 571 g/mol. The maximum absolute atomic E-state index is 13.5. The molecule has 0 spiro atoms. The molecule has 38 heavy (non-hydrogen) atoms. The lowest BCUT2D eigenvalue weighted by atomic mass is 10.1. The number of benzene rings is 2. The summed E-state index contributed by atoms with van der Waals surface area (Å²) in [6.45, 7) is 1.92. The Kier molecular flexibility index (Phi) is 7.56. The van der Waals surface area contributed by atoms with Crippen molar-refractivity contribution >= 4 is 63.4 Å². The molecule has 14 heteroatoms. The predicted octanol–water partition coefficient (Wildman–Crippen LogP) is 6.88. The van der Waals surface area contributed by atoms with Gasteiger partial charge in [0.05, 0.1) is 44.5 Å². The molecule has 0 aliphatic carbocycles. The van der Waals surface area contributed by atoms with Gasteiger partial charge in [-0.2, -0.15) is 13.2 Å². The Bertz CT molecular complexity index is 1500. The van der Waals surface area contributed by atoms with Crippen LogP contribution in [0.25, 0.3) is 11.0 Å². The van der Waals surface area contributed by atoms with Crippen LogP contribution in [0.3, 0.4) is 0 Å². The standard InChI is InChI=1S/C24H20Cl2F4N6O2/c1-4-38-18-10-17-16(31-23(32-17)35-21-14(25)7-12(27)8-15(21)26)9-13(18)22(37)34-19-5-11(24(28,29)30)6-20(33-19)36(2)3/h5-10H,4H2,1-3H3,(H2,31,32,35)(H,33,34,37). The van der Waals surface area contributed by atoms with Crippen LogP contribution >= 0.6 is 23.2 Å². The van der Waals surface area contributed by atoms with Crippen LogP contribution in [0.1, 0.15) is 22.8 Å². The summed E-state index contributed by atoms with van der Waals surface area (Å²) >= 11 is 12.2. The van der Waals surface area contributed by atoms with E-state index in [4.69, 9.17) is 27.9 Å². The smallest absolute Gasteiger partial charge is 0.416 e. The number of amides is 1. The Morgan fingerprint density at radius 1 is 1.08 bits per heavy atom. The minimum Gasteiger partial charge on any atom is -0.493 e. The van der Waals surface area contributed by atoms with Crippen molar-refractivity contribution in [2.75, 3.05) is 36.2 Å². The third-order valence-corrected chi connectivity index (χ3v) is 5.81. The summed E-state index contributed by atoms with van der Waals surface area (Å²) in [5.41, 5.74) is 0.0495. The number of H-pyrrole nitrogens is 1. The van der Waals surface area contributed by atoms with E-state index in [0.717, 1.165) is 24.3 Å². The lowest BCUT2D eigenvalue weighted by molar-refractivity contribution is -0.137. The normalized spacial score (nSPS) is 11.5. The topological polar surface area (TPSA) is 95.2 Å². The number of anilines is 4. The molecule has 8 nitrogen and oxygen atoms in total. The number of aromatic nitrogens is 3. The van der Waals surface area contributed by atoms with E-state index in [0.29, 0.717) is 11.0 Å². The number of imidazole rings is 1. The van der Waals surface area contributed by atoms with Crippen molar-refractivity contribution in [3.8, 4) is 5.75 Å². The van der Waals surface area contributed by atoms with Crippen molar-refractivity contribution in [2.24, 2.45) is 0 Å². The Labute approximate surface area is 223 Å². The van der Waals surface area contributed by atoms with Crippen molar-refractivity contribution in [1.29, 1.82) is 0 Å². The second-order valence-corrected chi connectivity index (χ2v) is 9.01. The molecule has 4 aromatic rings. The third kappa shape index (κ3) is 5.86. The molecule has 2 aromatic carbocycles. The van der Waals surface area contributed by atoms with E-state index < -0.39 is 23.5 Å². The summed E-state index contributed by atoms with van der Waals surface area (Å²) in [4.78, 5) is 26.0. The maximum atomic E-state index is 13.5. The predicted molar refractivity (Wildman–Crippen MR) is 138 cm³/mol. The number of hydrogen-bond donors (Lipinski definition) is 3. The molecule has 0 aliphatic heterocycles. The fourth-order valence-corrected chi connectivity index (χ4v) is 4.04. The van der Waals surface area contributed by atoms with Gasteiger partial charge in [-0.25, -0.2) is 14.4 Å². The molecular formula is C24H20Cl2F4N6O2. The number of halogens is 6. The highest BCUT2D eigenvalue weighted by molar-refractivity contribution is 6.39. The fraction of sp³-hybridized carbons (Fsp3) is 0.208. The van der Waals surface area contributed by atoms with E-state index in [1.165, 1.54) is 31.1 Å². The average Bonchev–Trinajstić information content (AvgIpc) is 3.21. The summed E-state index contributed by atoms with van der Waals surface area (Å²) in [6, 6.07) is 6.72. The highest BCUT2D eigenvalue weighted by Gasteiger charge is 2.32. The fourth-order valence-electron chi connectivity index (χ4n) is 3.49. The summed E-state index contributed by atoms with van der Waals surface area (Å²) < 4.78 is 59.3. The van der Waals surface area contributed by atoms with Gasteiger partial charge in [0.2, 0.25) is 5.95 Å². The minimum absolute atomic E-state index is 0.0109. The van der Waals surface area contributed by atoms with Crippen LogP contribution < -0.4 is 20.3 Å². The molecule has 1 amide bonds. The summed E-state index contributed by atoms with van der Waals surface area (Å²) in [6.07, 6.45) is -4.64. The van der Waals surface area contributed by atoms with Gasteiger partial charge >= 0.3 is 6.18 Å². The highest BCUT2D eigenvalue weighted by atomic mass is 35.5. The van der Waals surface area contributed by atoms with Crippen molar-refractivity contribution in [3.05, 3.63) is 63.4 Å². The first kappa shape index (κ1) is 27.3. The molecule has 4 rings (SSSR count). The molecule has 0 saturated carbocycles. The SMILES string of the molecule is CCOc1cc2[nH]c(Nc3c(Cl)cc(F)cc3Cl)nc2cc1C(=O)Nc1cc(C(F)(F)F)cc(N(C)C)n1. The number of pyridine rings is 1. The van der Waals surface area contributed by atoms with Gasteiger partial charge in [-0.15, -0.1) is 0 Å². The first-order valence-corrected chi connectivity index (χ1v) is 11.8. The Hall–Kier alpha value is -3.77. The van der Waals surface area contributed by atoms with Gasteiger partial charge in [0, 0.05) is 20.2 Å². The van der Waals surface area contributed by atoms with Gasteiger partial charge in [-0.05, 0) is 37.3 Å². The van der Waals surface area contributed by atoms with Crippen LogP contribution in [0.2, 0.25) is 10.0 Å². The monoisotopic (exact) mass is 570 g/mol. The molecule has 0 radical (unpaired) electrons. The summed E-state index contributed by atoms with van der Waals surface area (Å²) in [5, 5.41) is 5.34. The van der Waals surface area contributed by atoms with Crippen LogP contribution in [-0.4, -0.2) is 41.6 Å². The molecule has 3 N–H and O–H groups in total. The highest BCUT2D eigenvalue weighted by Crippen LogP contribution is 2.35. The van der Waals surface area contributed by atoms with Crippen LogP contribution in [0.15, 0.2) is 36.4 Å².